The highest BCUT2D eigenvalue weighted by Gasteiger charge is 2.32. The van der Waals surface area contributed by atoms with Gasteiger partial charge in [0.1, 0.15) is 22.3 Å². The fraction of sp³-hybridized carbons (Fsp3) is 0.222. The molecule has 79 heavy (non-hydrogen) atoms. The number of nitrogens with zero attached hydrogens (tertiary/aromatic N) is 2. The van der Waals surface area contributed by atoms with Crippen molar-refractivity contribution in [3.8, 4) is 16.8 Å². The quantitative estimate of drug-likeness (QED) is 0.169. The van der Waals surface area contributed by atoms with Crippen LogP contribution in [-0.2, 0) is 21.7 Å². The van der Waals surface area contributed by atoms with Crippen LogP contribution >= 0.6 is 11.3 Å². The van der Waals surface area contributed by atoms with Crippen LogP contribution < -0.4 is 20.5 Å². The van der Waals surface area contributed by atoms with E-state index in [-0.39, 0.29) is 21.7 Å². The van der Waals surface area contributed by atoms with Crippen molar-refractivity contribution < 1.29 is 8.83 Å². The van der Waals surface area contributed by atoms with Crippen LogP contribution in [0.3, 0.4) is 0 Å². The predicted molar refractivity (Wildman–Crippen MR) is 340 cm³/mol. The number of fused-ring (bicyclic) bond motifs is 13. The number of benzene rings is 9. The van der Waals surface area contributed by atoms with E-state index >= 15 is 0 Å². The van der Waals surface area contributed by atoms with E-state index in [1.165, 1.54) is 64.6 Å². The first-order chi connectivity index (χ1) is 37.6. The lowest BCUT2D eigenvalue weighted by Crippen LogP contribution is -2.35. The first-order valence-corrected chi connectivity index (χ1v) is 28.7. The Kier molecular flexibility index (Phi) is 10.8. The summed E-state index contributed by atoms with van der Waals surface area (Å²) in [6.07, 6.45) is 0. The van der Waals surface area contributed by atoms with Gasteiger partial charge in [-0.15, -0.1) is 11.3 Å². The van der Waals surface area contributed by atoms with Gasteiger partial charge in [0.15, 0.2) is 0 Å². The normalized spacial score (nSPS) is 13.2. The van der Waals surface area contributed by atoms with Gasteiger partial charge in [-0.1, -0.05) is 156 Å². The van der Waals surface area contributed by atoms with E-state index in [2.05, 4.69) is 275 Å². The molecule has 0 amide bonds. The zero-order chi connectivity index (χ0) is 54.7. The number of aromatic nitrogens is 1. The predicted octanol–water partition coefficient (Wildman–Crippen LogP) is 19.8. The number of nitrogens with one attached hydrogen (secondary N) is 1. The lowest BCUT2D eigenvalue weighted by Gasteiger charge is -2.28. The summed E-state index contributed by atoms with van der Waals surface area (Å²) in [6.45, 7) is 27.3. The third-order valence-electron chi connectivity index (χ3n) is 16.7. The average Bonchev–Trinajstić information content (AvgIpc) is 3.56. The Labute approximate surface area is 467 Å². The maximum atomic E-state index is 7.14. The van der Waals surface area contributed by atoms with Crippen molar-refractivity contribution in [2.75, 3.05) is 10.2 Å². The number of furan rings is 2. The first kappa shape index (κ1) is 49.3. The Morgan fingerprint density at radius 1 is 0.430 bits per heavy atom. The van der Waals surface area contributed by atoms with Gasteiger partial charge in [-0.3, -0.25) is 0 Å². The largest absolute Gasteiger partial charge is 0.456 e. The van der Waals surface area contributed by atoms with Gasteiger partial charge in [-0.05, 0) is 145 Å². The molecule has 1 radical (unpaired) electrons. The smallest absolute Gasteiger partial charge is 0.211 e. The molecule has 1 aliphatic heterocycles. The number of hydrogen-bond acceptors (Lipinski definition) is 5. The minimum Gasteiger partial charge on any atom is -0.456 e. The van der Waals surface area contributed by atoms with Gasteiger partial charge in [0.05, 0.1) is 11.2 Å². The molecular weight excluding hydrogens is 982 g/mol. The van der Waals surface area contributed by atoms with E-state index in [9.17, 15) is 0 Å². The molecule has 5 heterocycles. The Morgan fingerprint density at radius 2 is 0.975 bits per heavy atom. The summed E-state index contributed by atoms with van der Waals surface area (Å²) in [7, 11) is 2.46. The minimum absolute atomic E-state index is 0.00949. The van der Waals surface area contributed by atoms with Gasteiger partial charge in [0.25, 0.3) is 0 Å². The van der Waals surface area contributed by atoms with Crippen LogP contribution in [0.5, 0.6) is 0 Å². The Hall–Kier alpha value is -8.00. The van der Waals surface area contributed by atoms with Crippen LogP contribution in [0.4, 0.5) is 28.4 Å². The standard InChI is InChI=1S/C72H65BN3O2S/c1-69(2,3)41-17-24-45(25-18-41)74-58-38-56-50-31-30-48(75(46-26-19-42(20-27-46)70(4,5)6)47-28-21-43(22-29-47)71(7,8)9)36-61(50)78-62(56)39-53(58)51-32-33-52-54-37-55-49-15-13-14-16-60(49)77-63(55)40-59(54)76-66(52)65(51)73-68-67(76)57-35-44(72(10,11)12)23-34-64(57)79-68/h13-40,74H,1-12H3. The summed E-state index contributed by atoms with van der Waals surface area (Å²) in [4.78, 5) is 2.35. The first-order valence-electron chi connectivity index (χ1n) is 27.9. The van der Waals surface area contributed by atoms with Crippen molar-refractivity contribution in [3.63, 3.8) is 0 Å². The highest BCUT2D eigenvalue weighted by molar-refractivity contribution is 7.29. The number of hydrogen-bond donors (Lipinski definition) is 1. The van der Waals surface area contributed by atoms with E-state index in [4.69, 9.17) is 8.83 Å². The fourth-order valence-corrected chi connectivity index (χ4v) is 13.3. The molecule has 0 bridgehead atoms. The molecule has 0 atom stereocenters. The molecule has 7 heteroatoms. The second kappa shape index (κ2) is 17.3. The van der Waals surface area contributed by atoms with Crippen LogP contribution in [-0.4, -0.2) is 11.8 Å². The van der Waals surface area contributed by atoms with Gasteiger partial charge in [-0.2, -0.15) is 0 Å². The summed E-state index contributed by atoms with van der Waals surface area (Å²) in [5, 5.41) is 12.0. The SMILES string of the molecule is CC(C)(C)c1ccc(Nc2cc3c(cc2-c2ccc4c5cc6c(cc5n5c4c2[B]c2sc4ccc(C(C)(C)C)cc4c2-5)oc2ccccc26)oc2cc(N(c4ccc(C(C)(C)C)cc4)c4ccc(C(C)(C)C)cc4)ccc23)cc1. The highest BCUT2D eigenvalue weighted by Crippen LogP contribution is 2.47. The Bertz CT molecular complexity index is 4560. The van der Waals surface area contributed by atoms with E-state index < -0.39 is 0 Å². The Balaban J connectivity index is 0.991. The van der Waals surface area contributed by atoms with E-state index in [0.717, 1.165) is 89.0 Å². The number of anilines is 5. The molecule has 1 N–H and O–H groups in total. The molecule has 0 aliphatic carbocycles. The van der Waals surface area contributed by atoms with Crippen LogP contribution in [0.15, 0.2) is 179 Å². The summed E-state index contributed by atoms with van der Waals surface area (Å²) in [5.41, 5.74) is 21.0. The van der Waals surface area contributed by atoms with Gasteiger partial charge in [0, 0.05) is 94.1 Å². The lowest BCUT2D eigenvalue weighted by molar-refractivity contribution is 0.590. The van der Waals surface area contributed by atoms with Gasteiger partial charge in [-0.25, -0.2) is 0 Å². The number of para-hydroxylation sites is 1. The molecule has 4 aromatic heterocycles. The van der Waals surface area contributed by atoms with E-state index in [1.54, 1.807) is 0 Å². The minimum atomic E-state index is -0.00949. The molecule has 5 nitrogen and oxygen atoms in total. The summed E-state index contributed by atoms with van der Waals surface area (Å²) in [5.74, 6) is 0. The van der Waals surface area contributed by atoms with Crippen molar-refractivity contribution >= 4 is 133 Å². The molecule has 0 saturated carbocycles. The van der Waals surface area contributed by atoms with Crippen LogP contribution in [0.2, 0.25) is 0 Å². The van der Waals surface area contributed by atoms with Gasteiger partial charge in [0.2, 0.25) is 7.28 Å². The summed E-state index contributed by atoms with van der Waals surface area (Å²) < 4.78 is 18.8. The van der Waals surface area contributed by atoms with E-state index in [1.807, 2.05) is 11.3 Å². The van der Waals surface area contributed by atoms with Gasteiger partial charge < -0.3 is 23.6 Å². The Morgan fingerprint density at radius 3 is 1.63 bits per heavy atom. The third-order valence-corrected chi connectivity index (χ3v) is 17.8. The molecule has 389 valence electrons. The van der Waals surface area contributed by atoms with Crippen molar-refractivity contribution in [3.05, 3.63) is 192 Å². The maximum absolute atomic E-state index is 7.14. The second-order valence-corrected chi connectivity index (χ2v) is 27.3. The van der Waals surface area contributed by atoms with Crippen LogP contribution in [0.25, 0.3) is 92.6 Å². The summed E-state index contributed by atoms with van der Waals surface area (Å²) >= 11 is 1.87. The molecule has 1 aliphatic rings. The summed E-state index contributed by atoms with van der Waals surface area (Å²) in [6, 6.07) is 63.2. The molecule has 0 fully saturated rings. The van der Waals surface area contributed by atoms with Crippen molar-refractivity contribution in [1.29, 1.82) is 0 Å². The topological polar surface area (TPSA) is 46.5 Å². The van der Waals surface area contributed by atoms with Gasteiger partial charge >= 0.3 is 0 Å². The molecule has 14 rings (SSSR count). The van der Waals surface area contributed by atoms with Crippen molar-refractivity contribution in [2.24, 2.45) is 0 Å². The van der Waals surface area contributed by atoms with Crippen molar-refractivity contribution in [2.45, 2.75) is 105 Å². The average molecular weight is 1050 g/mol. The molecule has 0 spiro atoms. The molecule has 0 unspecified atom stereocenters. The maximum Gasteiger partial charge on any atom is 0.211 e. The van der Waals surface area contributed by atoms with E-state index in [0.29, 0.717) is 0 Å². The number of rotatable bonds is 6. The fourth-order valence-electron chi connectivity index (χ4n) is 12.1. The van der Waals surface area contributed by atoms with Crippen LogP contribution in [0, 0.1) is 0 Å². The molecule has 13 aromatic rings. The molecule has 0 saturated heterocycles. The zero-order valence-corrected chi connectivity index (χ0v) is 48.2. The highest BCUT2D eigenvalue weighted by atomic mass is 32.1. The third kappa shape index (κ3) is 8.09. The lowest BCUT2D eigenvalue weighted by atomic mass is 9.63. The second-order valence-electron chi connectivity index (χ2n) is 26.2. The number of thiophene rings is 1. The monoisotopic (exact) mass is 1050 g/mol. The van der Waals surface area contributed by atoms with Crippen molar-refractivity contribution in [1.82, 2.24) is 4.57 Å². The van der Waals surface area contributed by atoms with Crippen LogP contribution in [0.1, 0.15) is 105 Å². The molecular formula is C72H65BN3O2S. The molecule has 9 aromatic carbocycles. The zero-order valence-electron chi connectivity index (χ0n) is 47.4.